The quantitative estimate of drug-likeness (QED) is 0.881. The molecule has 96 valence electrons. The Balaban J connectivity index is 3.05. The zero-order chi connectivity index (χ0) is 13.0. The van der Waals surface area contributed by atoms with Gasteiger partial charge in [0.25, 0.3) is 0 Å². The first-order chi connectivity index (χ1) is 8.01. The van der Waals surface area contributed by atoms with Gasteiger partial charge >= 0.3 is 0 Å². The Bertz CT molecular complexity index is 364. The van der Waals surface area contributed by atoms with Crippen molar-refractivity contribution in [2.45, 2.75) is 19.6 Å². The van der Waals surface area contributed by atoms with Crippen LogP contribution in [-0.2, 0) is 6.61 Å². The SMILES string of the molecule is CSCC(C)N(C)c1c(F)cc(CO)cc1F. The molecule has 1 N–H and O–H groups in total. The minimum atomic E-state index is -0.635. The number of thioether (sulfide) groups is 1. The van der Waals surface area contributed by atoms with Crippen LogP contribution in [0.3, 0.4) is 0 Å². The van der Waals surface area contributed by atoms with Gasteiger partial charge in [0.2, 0.25) is 0 Å². The molecule has 0 saturated heterocycles. The molecule has 1 rings (SSSR count). The zero-order valence-electron chi connectivity index (χ0n) is 10.2. The third-order valence-corrected chi connectivity index (χ3v) is 3.50. The molecule has 0 bridgehead atoms. The van der Waals surface area contributed by atoms with Crippen molar-refractivity contribution < 1.29 is 13.9 Å². The molecule has 1 aromatic carbocycles. The summed E-state index contributed by atoms with van der Waals surface area (Å²) in [6.45, 7) is 1.55. The lowest BCUT2D eigenvalue weighted by atomic mass is 10.1. The Labute approximate surface area is 105 Å². The number of hydrogen-bond acceptors (Lipinski definition) is 3. The predicted octanol–water partition coefficient (Wildman–Crippen LogP) is 2.64. The van der Waals surface area contributed by atoms with Crippen molar-refractivity contribution in [1.29, 1.82) is 0 Å². The Morgan fingerprint density at radius 3 is 2.29 bits per heavy atom. The maximum Gasteiger partial charge on any atom is 0.149 e. The number of anilines is 1. The lowest BCUT2D eigenvalue weighted by Crippen LogP contribution is -2.32. The maximum atomic E-state index is 13.7. The lowest BCUT2D eigenvalue weighted by molar-refractivity contribution is 0.280. The Kier molecular flexibility index (Phi) is 5.21. The van der Waals surface area contributed by atoms with Crippen LogP contribution >= 0.6 is 11.8 Å². The van der Waals surface area contributed by atoms with E-state index in [2.05, 4.69) is 0 Å². The first-order valence-corrected chi connectivity index (χ1v) is 6.71. The smallest absolute Gasteiger partial charge is 0.149 e. The van der Waals surface area contributed by atoms with E-state index in [1.807, 2.05) is 13.2 Å². The van der Waals surface area contributed by atoms with Gasteiger partial charge in [0.15, 0.2) is 0 Å². The van der Waals surface area contributed by atoms with E-state index in [-0.39, 0.29) is 23.9 Å². The highest BCUT2D eigenvalue weighted by Crippen LogP contribution is 2.26. The van der Waals surface area contributed by atoms with E-state index in [1.54, 1.807) is 23.7 Å². The molecule has 0 spiro atoms. The molecule has 1 atom stereocenters. The van der Waals surface area contributed by atoms with Gasteiger partial charge in [-0.15, -0.1) is 0 Å². The van der Waals surface area contributed by atoms with Crippen molar-refractivity contribution >= 4 is 17.4 Å². The van der Waals surface area contributed by atoms with Gasteiger partial charge in [-0.25, -0.2) is 8.78 Å². The maximum absolute atomic E-state index is 13.7. The first kappa shape index (κ1) is 14.3. The van der Waals surface area contributed by atoms with E-state index in [1.165, 1.54) is 12.1 Å². The summed E-state index contributed by atoms with van der Waals surface area (Å²) in [6.07, 6.45) is 1.95. The normalized spacial score (nSPS) is 12.6. The van der Waals surface area contributed by atoms with Gasteiger partial charge in [-0.05, 0) is 30.9 Å². The van der Waals surface area contributed by atoms with E-state index >= 15 is 0 Å². The van der Waals surface area contributed by atoms with Gasteiger partial charge in [0.1, 0.15) is 17.3 Å². The summed E-state index contributed by atoms with van der Waals surface area (Å²) < 4.78 is 27.5. The number of aliphatic hydroxyl groups excluding tert-OH is 1. The molecule has 17 heavy (non-hydrogen) atoms. The molecular weight excluding hydrogens is 244 g/mol. The van der Waals surface area contributed by atoms with Gasteiger partial charge in [-0.3, -0.25) is 0 Å². The minimum Gasteiger partial charge on any atom is -0.392 e. The number of benzene rings is 1. The fourth-order valence-electron chi connectivity index (χ4n) is 1.62. The molecule has 0 aliphatic heterocycles. The van der Waals surface area contributed by atoms with Gasteiger partial charge < -0.3 is 10.0 Å². The van der Waals surface area contributed by atoms with Gasteiger partial charge in [-0.1, -0.05) is 0 Å². The molecule has 0 saturated carbocycles. The molecule has 0 amide bonds. The Hall–Kier alpha value is -0.810. The molecule has 0 aliphatic carbocycles. The molecule has 1 aromatic rings. The molecule has 0 fully saturated rings. The van der Waals surface area contributed by atoms with Crippen molar-refractivity contribution in [3.8, 4) is 0 Å². The summed E-state index contributed by atoms with van der Waals surface area (Å²) in [5.41, 5.74) is 0.207. The topological polar surface area (TPSA) is 23.5 Å². The van der Waals surface area contributed by atoms with Crippen LogP contribution in [0.25, 0.3) is 0 Å². The summed E-state index contributed by atoms with van der Waals surface area (Å²) in [5, 5.41) is 8.86. The second-order valence-corrected chi connectivity index (χ2v) is 4.89. The molecule has 0 aromatic heterocycles. The van der Waals surface area contributed by atoms with Crippen molar-refractivity contribution in [1.82, 2.24) is 0 Å². The summed E-state index contributed by atoms with van der Waals surface area (Å²) in [5.74, 6) is -0.481. The molecule has 0 aliphatic rings. The summed E-state index contributed by atoms with van der Waals surface area (Å²) in [7, 11) is 1.67. The fourth-order valence-corrected chi connectivity index (χ4v) is 2.33. The molecule has 5 heteroatoms. The van der Waals surface area contributed by atoms with E-state index < -0.39 is 11.6 Å². The van der Waals surface area contributed by atoms with Crippen molar-refractivity contribution in [2.24, 2.45) is 0 Å². The first-order valence-electron chi connectivity index (χ1n) is 5.31. The van der Waals surface area contributed by atoms with Gasteiger partial charge in [-0.2, -0.15) is 11.8 Å². The minimum absolute atomic E-state index is 0.0361. The van der Waals surface area contributed by atoms with Gasteiger partial charge in [0, 0.05) is 18.8 Å². The number of rotatable bonds is 5. The van der Waals surface area contributed by atoms with Gasteiger partial charge in [0.05, 0.1) is 6.61 Å². The van der Waals surface area contributed by atoms with Crippen LogP contribution < -0.4 is 4.90 Å². The standard InChI is InChI=1S/C12H17F2NOS/c1-8(7-17-3)15(2)12-10(13)4-9(6-16)5-11(12)14/h4-5,8,16H,6-7H2,1-3H3. The van der Waals surface area contributed by atoms with Crippen LogP contribution in [0.1, 0.15) is 12.5 Å². The number of hydrogen-bond donors (Lipinski definition) is 1. The van der Waals surface area contributed by atoms with Crippen LogP contribution in [0.2, 0.25) is 0 Å². The highest BCUT2D eigenvalue weighted by atomic mass is 32.2. The highest BCUT2D eigenvalue weighted by molar-refractivity contribution is 7.98. The van der Waals surface area contributed by atoms with E-state index in [0.717, 1.165) is 5.75 Å². The van der Waals surface area contributed by atoms with Crippen LogP contribution in [0.5, 0.6) is 0 Å². The Morgan fingerprint density at radius 2 is 1.88 bits per heavy atom. The van der Waals surface area contributed by atoms with Crippen LogP contribution in [0, 0.1) is 11.6 Å². The number of halogens is 2. The fraction of sp³-hybridized carbons (Fsp3) is 0.500. The molecule has 0 heterocycles. The zero-order valence-corrected chi connectivity index (χ0v) is 11.0. The van der Waals surface area contributed by atoms with Crippen LogP contribution in [0.4, 0.5) is 14.5 Å². The van der Waals surface area contributed by atoms with Crippen LogP contribution in [-0.4, -0.2) is 30.2 Å². The second kappa shape index (κ2) is 6.21. The molecular formula is C12H17F2NOS. The lowest BCUT2D eigenvalue weighted by Gasteiger charge is -2.27. The van der Waals surface area contributed by atoms with E-state index in [4.69, 9.17) is 5.11 Å². The predicted molar refractivity (Wildman–Crippen MR) is 68.5 cm³/mol. The third-order valence-electron chi connectivity index (χ3n) is 2.68. The molecule has 0 radical (unpaired) electrons. The largest absolute Gasteiger partial charge is 0.392 e. The summed E-state index contributed by atoms with van der Waals surface area (Å²) in [4.78, 5) is 1.59. The number of aliphatic hydroxyl groups is 1. The van der Waals surface area contributed by atoms with Crippen LogP contribution in [0.15, 0.2) is 12.1 Å². The average molecular weight is 261 g/mol. The van der Waals surface area contributed by atoms with Crippen molar-refractivity contribution in [3.05, 3.63) is 29.3 Å². The highest BCUT2D eigenvalue weighted by Gasteiger charge is 2.18. The van der Waals surface area contributed by atoms with Crippen molar-refractivity contribution in [3.63, 3.8) is 0 Å². The average Bonchev–Trinajstić information content (AvgIpc) is 2.28. The van der Waals surface area contributed by atoms with E-state index in [0.29, 0.717) is 0 Å². The molecule has 1 unspecified atom stereocenters. The Morgan fingerprint density at radius 1 is 1.35 bits per heavy atom. The summed E-state index contributed by atoms with van der Waals surface area (Å²) >= 11 is 1.63. The third kappa shape index (κ3) is 3.33. The number of nitrogens with zero attached hydrogens (tertiary/aromatic N) is 1. The van der Waals surface area contributed by atoms with E-state index in [9.17, 15) is 8.78 Å². The molecule has 2 nitrogen and oxygen atoms in total. The monoisotopic (exact) mass is 261 g/mol. The summed E-state index contributed by atoms with van der Waals surface area (Å²) in [6, 6.07) is 2.37. The van der Waals surface area contributed by atoms with Crippen molar-refractivity contribution in [2.75, 3.05) is 24.0 Å². The second-order valence-electron chi connectivity index (χ2n) is 3.98.